The Morgan fingerprint density at radius 3 is 2.42 bits per heavy atom. The molecule has 9 heteroatoms. The van der Waals surface area contributed by atoms with Gasteiger partial charge in [-0.1, -0.05) is 17.3 Å². The molecule has 1 unspecified atom stereocenters. The summed E-state index contributed by atoms with van der Waals surface area (Å²) < 4.78 is 42.9. The topological polar surface area (TPSA) is 89.4 Å². The molecule has 2 rings (SSSR count). The van der Waals surface area contributed by atoms with E-state index < -0.39 is 23.6 Å². The predicted octanol–water partition coefficient (Wildman–Crippen LogP) is 3.16. The Morgan fingerprint density at radius 2 is 1.96 bits per heavy atom. The van der Waals surface area contributed by atoms with Gasteiger partial charge in [-0.15, -0.1) is 11.6 Å². The fourth-order valence-electron chi connectivity index (χ4n) is 2.34. The van der Waals surface area contributed by atoms with Crippen molar-refractivity contribution >= 4 is 17.5 Å². The average molecular weight is 363 g/mol. The SMILES string of the molecule is NC(=O)c1onc(-c2ccc(C(F)(F)F)cc2)c1C(CO)CCCl. The lowest BCUT2D eigenvalue weighted by molar-refractivity contribution is -0.137. The number of primary amides is 1. The molecule has 1 heterocycles. The van der Waals surface area contributed by atoms with E-state index in [0.29, 0.717) is 12.0 Å². The highest BCUT2D eigenvalue weighted by molar-refractivity contribution is 6.17. The second-order valence-corrected chi connectivity index (χ2v) is 5.45. The van der Waals surface area contributed by atoms with Gasteiger partial charge < -0.3 is 15.4 Å². The van der Waals surface area contributed by atoms with Crippen molar-refractivity contribution in [2.45, 2.75) is 18.5 Å². The van der Waals surface area contributed by atoms with Gasteiger partial charge in [0.25, 0.3) is 5.91 Å². The number of nitrogens with two attached hydrogens (primary N) is 1. The number of aliphatic hydroxyl groups is 1. The minimum Gasteiger partial charge on any atom is -0.396 e. The van der Waals surface area contributed by atoms with Crippen LogP contribution in [0.4, 0.5) is 13.2 Å². The first kappa shape index (κ1) is 18.3. The molecule has 0 radical (unpaired) electrons. The largest absolute Gasteiger partial charge is 0.416 e. The molecular formula is C15H14ClF3N2O3. The normalized spacial score (nSPS) is 13.0. The molecular weight excluding hydrogens is 349 g/mol. The third-order valence-electron chi connectivity index (χ3n) is 3.52. The average Bonchev–Trinajstić information content (AvgIpc) is 2.96. The molecule has 0 fully saturated rings. The first-order valence-corrected chi connectivity index (χ1v) is 7.46. The molecule has 0 saturated heterocycles. The van der Waals surface area contributed by atoms with Gasteiger partial charge in [0.1, 0.15) is 5.69 Å². The number of amides is 1. The number of nitrogens with zero attached hydrogens (tertiary/aromatic N) is 1. The van der Waals surface area contributed by atoms with Gasteiger partial charge in [0, 0.05) is 22.9 Å². The van der Waals surface area contributed by atoms with E-state index in [9.17, 15) is 23.1 Å². The van der Waals surface area contributed by atoms with Crippen molar-refractivity contribution in [3.8, 4) is 11.3 Å². The van der Waals surface area contributed by atoms with Gasteiger partial charge in [-0.05, 0) is 18.6 Å². The van der Waals surface area contributed by atoms with E-state index >= 15 is 0 Å². The summed E-state index contributed by atoms with van der Waals surface area (Å²) in [6, 6.07) is 4.22. The summed E-state index contributed by atoms with van der Waals surface area (Å²) in [5.41, 5.74) is 5.13. The Labute approximate surface area is 140 Å². The molecule has 2 aromatic rings. The second kappa shape index (κ2) is 7.23. The van der Waals surface area contributed by atoms with Crippen LogP contribution in [0, 0.1) is 0 Å². The van der Waals surface area contributed by atoms with Crippen LogP contribution in [0.1, 0.15) is 34.0 Å². The van der Waals surface area contributed by atoms with Gasteiger partial charge in [0.2, 0.25) is 5.76 Å². The number of halogens is 4. The van der Waals surface area contributed by atoms with E-state index in [1.54, 1.807) is 0 Å². The van der Waals surface area contributed by atoms with Crippen LogP contribution in [0.2, 0.25) is 0 Å². The van der Waals surface area contributed by atoms with Crippen LogP contribution in [0.15, 0.2) is 28.8 Å². The van der Waals surface area contributed by atoms with Crippen LogP contribution in [0.3, 0.4) is 0 Å². The summed E-state index contributed by atoms with van der Waals surface area (Å²) in [6.07, 6.45) is -4.15. The number of aliphatic hydroxyl groups excluding tert-OH is 1. The second-order valence-electron chi connectivity index (χ2n) is 5.07. The molecule has 1 aromatic carbocycles. The molecule has 130 valence electrons. The molecule has 1 aromatic heterocycles. The molecule has 24 heavy (non-hydrogen) atoms. The van der Waals surface area contributed by atoms with Crippen molar-refractivity contribution in [3.05, 3.63) is 41.2 Å². The lowest BCUT2D eigenvalue weighted by Gasteiger charge is -2.13. The van der Waals surface area contributed by atoms with Crippen LogP contribution < -0.4 is 5.73 Å². The predicted molar refractivity (Wildman–Crippen MR) is 80.6 cm³/mol. The quantitative estimate of drug-likeness (QED) is 0.772. The maximum atomic E-state index is 12.7. The number of hydrogen-bond acceptors (Lipinski definition) is 4. The van der Waals surface area contributed by atoms with Gasteiger partial charge in [-0.2, -0.15) is 13.2 Å². The van der Waals surface area contributed by atoms with E-state index in [1.165, 1.54) is 12.1 Å². The summed E-state index contributed by atoms with van der Waals surface area (Å²) in [7, 11) is 0. The summed E-state index contributed by atoms with van der Waals surface area (Å²) in [5, 5.41) is 13.3. The number of alkyl halides is 4. The lowest BCUT2D eigenvalue weighted by atomic mass is 9.92. The van der Waals surface area contributed by atoms with E-state index in [1.807, 2.05) is 0 Å². The number of rotatable bonds is 6. The summed E-state index contributed by atoms with van der Waals surface area (Å²) in [5.74, 6) is -1.51. The molecule has 0 aliphatic carbocycles. The highest BCUT2D eigenvalue weighted by Gasteiger charge is 2.31. The zero-order valence-corrected chi connectivity index (χ0v) is 13.1. The summed E-state index contributed by atoms with van der Waals surface area (Å²) in [4.78, 5) is 11.5. The summed E-state index contributed by atoms with van der Waals surface area (Å²) in [6.45, 7) is -0.345. The van der Waals surface area contributed by atoms with Crippen molar-refractivity contribution in [3.63, 3.8) is 0 Å². The number of benzene rings is 1. The molecule has 0 aliphatic heterocycles. The highest BCUT2D eigenvalue weighted by Crippen LogP contribution is 2.35. The zero-order chi connectivity index (χ0) is 17.9. The molecule has 5 nitrogen and oxygen atoms in total. The fourth-order valence-corrected chi connectivity index (χ4v) is 2.60. The maximum absolute atomic E-state index is 12.7. The number of carbonyl (C=O) groups excluding carboxylic acids is 1. The van der Waals surface area contributed by atoms with Gasteiger partial charge >= 0.3 is 6.18 Å². The number of hydrogen-bond donors (Lipinski definition) is 2. The van der Waals surface area contributed by atoms with Crippen molar-refractivity contribution in [2.75, 3.05) is 12.5 Å². The lowest BCUT2D eigenvalue weighted by Crippen LogP contribution is -2.16. The van der Waals surface area contributed by atoms with E-state index in [0.717, 1.165) is 12.1 Å². The minimum absolute atomic E-state index is 0.154. The van der Waals surface area contributed by atoms with Gasteiger partial charge in [0.15, 0.2) is 0 Å². The summed E-state index contributed by atoms with van der Waals surface area (Å²) >= 11 is 5.69. The van der Waals surface area contributed by atoms with Crippen molar-refractivity contribution in [1.29, 1.82) is 0 Å². The fraction of sp³-hybridized carbons (Fsp3) is 0.333. The third kappa shape index (κ3) is 3.70. The highest BCUT2D eigenvalue weighted by atomic mass is 35.5. The van der Waals surface area contributed by atoms with Crippen molar-refractivity contribution < 1.29 is 27.6 Å². The van der Waals surface area contributed by atoms with Gasteiger partial charge in [0.05, 0.1) is 12.2 Å². The first-order chi connectivity index (χ1) is 11.3. The monoisotopic (exact) mass is 362 g/mol. The zero-order valence-electron chi connectivity index (χ0n) is 12.3. The minimum atomic E-state index is -4.46. The smallest absolute Gasteiger partial charge is 0.396 e. The van der Waals surface area contributed by atoms with E-state index in [4.69, 9.17) is 21.9 Å². The molecule has 3 N–H and O–H groups in total. The number of aromatic nitrogens is 1. The Hall–Kier alpha value is -2.06. The van der Waals surface area contributed by atoms with Gasteiger partial charge in [-0.3, -0.25) is 4.79 Å². The Morgan fingerprint density at radius 1 is 1.33 bits per heavy atom. The maximum Gasteiger partial charge on any atom is 0.416 e. The van der Waals surface area contributed by atoms with Crippen molar-refractivity contribution in [2.24, 2.45) is 5.73 Å². The molecule has 0 saturated carbocycles. The van der Waals surface area contributed by atoms with E-state index in [2.05, 4.69) is 5.16 Å². The van der Waals surface area contributed by atoms with Crippen LogP contribution >= 0.6 is 11.6 Å². The van der Waals surface area contributed by atoms with Crippen LogP contribution in [-0.2, 0) is 6.18 Å². The Kier molecular flexibility index (Phi) is 5.51. The molecule has 0 spiro atoms. The van der Waals surface area contributed by atoms with Crippen molar-refractivity contribution in [1.82, 2.24) is 5.16 Å². The van der Waals surface area contributed by atoms with Crippen LogP contribution in [-0.4, -0.2) is 28.7 Å². The van der Waals surface area contributed by atoms with Crippen LogP contribution in [0.5, 0.6) is 0 Å². The molecule has 0 bridgehead atoms. The molecule has 0 aliphatic rings. The molecule has 1 amide bonds. The first-order valence-electron chi connectivity index (χ1n) is 6.93. The molecule has 1 atom stereocenters. The Balaban J connectivity index is 2.52. The Bertz CT molecular complexity index is 714. The van der Waals surface area contributed by atoms with Crippen LogP contribution in [0.25, 0.3) is 11.3 Å². The standard InChI is InChI=1S/C15H14ClF3N2O3/c16-6-5-9(7-22)11-12(21-24-13(11)14(20)23)8-1-3-10(4-2-8)15(17,18)19/h1-4,9,22H,5-7H2,(H2,20,23). The van der Waals surface area contributed by atoms with E-state index in [-0.39, 0.29) is 29.5 Å². The van der Waals surface area contributed by atoms with Gasteiger partial charge in [-0.25, -0.2) is 0 Å². The third-order valence-corrected chi connectivity index (χ3v) is 3.74. The number of carbonyl (C=O) groups is 1.